The van der Waals surface area contributed by atoms with Gasteiger partial charge in [0.25, 0.3) is 0 Å². The third-order valence-corrected chi connectivity index (χ3v) is 28.9. The fourth-order valence-corrected chi connectivity index (χ4v) is 22.9. The number of aromatic nitrogens is 9. The molecule has 0 spiro atoms. The maximum absolute atomic E-state index is 5.42. The van der Waals surface area contributed by atoms with E-state index < -0.39 is 0 Å². The predicted molar refractivity (Wildman–Crippen MR) is 578 cm³/mol. The Morgan fingerprint density at radius 2 is 0.432 bits per heavy atom. The van der Waals surface area contributed by atoms with Gasteiger partial charge in [-0.15, -0.1) is 0 Å². The quantitative estimate of drug-likeness (QED) is 0.143. The second kappa shape index (κ2) is 30.9. The van der Waals surface area contributed by atoms with E-state index in [9.17, 15) is 0 Å². The van der Waals surface area contributed by atoms with Gasteiger partial charge in [-0.3, -0.25) is 13.7 Å². The first-order chi connectivity index (χ1) is 69.0. The molecule has 3 aliphatic rings. The standard InChI is InChI=1S/C46H27N3.2C42H25N3/c1-2-11-28(12-3-1)33-26-31-23-24-41-44-42(31)38(27-33)35-16-7-6-15-34(35)36-18-10-20-40(43(36)44)49(41)46-47-39-19-9-8-17-37(39)45(48-46)32-22-21-29-13-4-5-14-30(29)25-32;1-3-12-26(13-4-1)29-24-28-22-23-37-40-38(28)33(25-29)31-17-8-7-16-30(31)32-18-11-21-36(39(32)40)45(37)42-41(27-14-5-2-6-15-27)43-34-19-9-10-20-35(34)44-42;1-3-12-26(13-4-1)29-24-28-22-23-37-40-38(28)34(25-29)31-17-8-7-16-30(31)32-19-11-21-36(39(32)40)45(37)42-43-35-20-10-9-18-33(35)41(44-42)27-14-5-2-6-15-27/h1-27H;2*1-25H. The number of para-hydroxylation sites is 4. The molecule has 0 fully saturated rings. The first kappa shape index (κ1) is 77.9. The van der Waals surface area contributed by atoms with Crippen LogP contribution in [0.4, 0.5) is 0 Å². The van der Waals surface area contributed by atoms with Crippen LogP contribution in [0.25, 0.3) is 293 Å². The summed E-state index contributed by atoms with van der Waals surface area (Å²) in [6.07, 6.45) is 0. The topological polar surface area (TPSA) is 92.1 Å². The van der Waals surface area contributed by atoms with Gasteiger partial charge in [0, 0.05) is 59.8 Å². The predicted octanol–water partition coefficient (Wildman–Crippen LogP) is 33.7. The van der Waals surface area contributed by atoms with Crippen LogP contribution >= 0.6 is 0 Å². The summed E-state index contributed by atoms with van der Waals surface area (Å²) in [7, 11) is 0. The van der Waals surface area contributed by atoms with Crippen LogP contribution in [0.3, 0.4) is 0 Å². The number of hydrogen-bond donors (Lipinski definition) is 0. The van der Waals surface area contributed by atoms with Crippen LogP contribution in [0.15, 0.2) is 467 Å². The molecule has 139 heavy (non-hydrogen) atoms. The van der Waals surface area contributed by atoms with Gasteiger partial charge < -0.3 is 0 Å². The average Bonchev–Trinajstić information content (AvgIpc) is 1.55. The summed E-state index contributed by atoms with van der Waals surface area (Å²) in [6.45, 7) is 0. The molecule has 3 aliphatic carbocycles. The Kier molecular flexibility index (Phi) is 17.3. The highest BCUT2D eigenvalue weighted by molar-refractivity contribution is 6.34. The van der Waals surface area contributed by atoms with Gasteiger partial charge in [0.05, 0.1) is 66.6 Å². The zero-order valence-electron chi connectivity index (χ0n) is 75.0. The third kappa shape index (κ3) is 12.1. The summed E-state index contributed by atoms with van der Waals surface area (Å²) >= 11 is 0. The normalized spacial score (nSPS) is 12.0. The molecule has 0 N–H and O–H groups in total. The second-order valence-electron chi connectivity index (χ2n) is 36.5. The summed E-state index contributed by atoms with van der Waals surface area (Å²) in [4.78, 5) is 31.8. The highest BCUT2D eigenvalue weighted by Crippen LogP contribution is 2.56. The van der Waals surface area contributed by atoms with E-state index in [4.69, 9.17) is 29.9 Å². The zero-order valence-corrected chi connectivity index (χ0v) is 75.0. The third-order valence-electron chi connectivity index (χ3n) is 28.9. The molecule has 28 aromatic rings. The van der Waals surface area contributed by atoms with Crippen molar-refractivity contribution in [3.63, 3.8) is 0 Å². The van der Waals surface area contributed by atoms with Gasteiger partial charge in [0.2, 0.25) is 11.9 Å². The fraction of sp³-hybridized carbons (Fsp3) is 0. The zero-order chi connectivity index (χ0) is 91.0. The molecule has 0 atom stereocenters. The summed E-state index contributed by atoms with van der Waals surface area (Å²) in [5, 5.41) is 19.5. The van der Waals surface area contributed by atoms with Crippen molar-refractivity contribution in [2.45, 2.75) is 0 Å². The molecule has 0 saturated heterocycles. The highest BCUT2D eigenvalue weighted by Gasteiger charge is 2.33. The summed E-state index contributed by atoms with van der Waals surface area (Å²) in [5.41, 5.74) is 38.6. The van der Waals surface area contributed by atoms with Crippen molar-refractivity contribution < 1.29 is 0 Å². The molecule has 9 heteroatoms. The molecule has 0 aliphatic heterocycles. The van der Waals surface area contributed by atoms with E-state index in [-0.39, 0.29) is 0 Å². The van der Waals surface area contributed by atoms with Crippen LogP contribution in [-0.4, -0.2) is 43.6 Å². The van der Waals surface area contributed by atoms with Gasteiger partial charge in [-0.2, -0.15) is 0 Å². The van der Waals surface area contributed by atoms with E-state index in [0.29, 0.717) is 11.9 Å². The molecule has 31 rings (SSSR count). The minimum Gasteiger partial charge on any atom is -0.292 e. The minimum atomic E-state index is 0.676. The lowest BCUT2D eigenvalue weighted by atomic mass is 9.90. The van der Waals surface area contributed by atoms with E-state index in [0.717, 1.165) is 106 Å². The Labute approximate surface area is 798 Å². The Hall–Kier alpha value is -18.7. The Bertz CT molecular complexity index is 10100. The average molecular weight is 1770 g/mol. The molecule has 0 bridgehead atoms. The molecule has 0 saturated carbocycles. The number of nitrogens with zero attached hydrogens (tertiary/aromatic N) is 9. The second-order valence-corrected chi connectivity index (χ2v) is 36.5. The van der Waals surface area contributed by atoms with Gasteiger partial charge in [0.15, 0.2) is 5.82 Å². The van der Waals surface area contributed by atoms with Crippen molar-refractivity contribution in [2.75, 3.05) is 0 Å². The van der Waals surface area contributed by atoms with Crippen molar-refractivity contribution in [1.29, 1.82) is 0 Å². The molecule has 6 aromatic heterocycles. The van der Waals surface area contributed by atoms with Crippen molar-refractivity contribution in [2.24, 2.45) is 0 Å². The van der Waals surface area contributed by atoms with Crippen molar-refractivity contribution in [3.8, 4) is 152 Å². The van der Waals surface area contributed by atoms with Crippen LogP contribution in [0, 0.1) is 0 Å². The number of benzene rings is 22. The number of rotatable bonds is 9. The van der Waals surface area contributed by atoms with E-state index in [2.05, 4.69) is 450 Å². The smallest absolute Gasteiger partial charge is 0.235 e. The molecule has 0 amide bonds. The molecule has 642 valence electrons. The van der Waals surface area contributed by atoms with Crippen LogP contribution in [-0.2, 0) is 0 Å². The Balaban J connectivity index is 0.000000100. The molecule has 6 heterocycles. The number of fused-ring (bicyclic) bond motifs is 13. The molecule has 0 radical (unpaired) electrons. The first-order valence-corrected chi connectivity index (χ1v) is 47.5. The van der Waals surface area contributed by atoms with Crippen molar-refractivity contribution in [3.05, 3.63) is 467 Å². The molecular weight excluding hydrogens is 1690 g/mol. The minimum absolute atomic E-state index is 0.676. The first-order valence-electron chi connectivity index (χ1n) is 47.5. The van der Waals surface area contributed by atoms with Crippen molar-refractivity contribution in [1.82, 2.24) is 43.6 Å². The largest absolute Gasteiger partial charge is 0.292 e. The van der Waals surface area contributed by atoms with Gasteiger partial charge in [-0.1, -0.05) is 364 Å². The molecule has 9 nitrogen and oxygen atoms in total. The number of hydrogen-bond acceptors (Lipinski definition) is 6. The lowest BCUT2D eigenvalue weighted by Crippen LogP contribution is -2.03. The van der Waals surface area contributed by atoms with Gasteiger partial charge in [-0.05, 0) is 246 Å². The van der Waals surface area contributed by atoms with Gasteiger partial charge >= 0.3 is 0 Å². The van der Waals surface area contributed by atoms with Crippen LogP contribution < -0.4 is 0 Å². The van der Waals surface area contributed by atoms with E-state index in [1.165, 1.54) is 176 Å². The summed E-state index contributed by atoms with van der Waals surface area (Å²) in [6, 6.07) is 167. The Morgan fingerprint density at radius 3 is 0.849 bits per heavy atom. The Morgan fingerprint density at radius 1 is 0.137 bits per heavy atom. The van der Waals surface area contributed by atoms with Crippen molar-refractivity contribution >= 4 is 141 Å². The van der Waals surface area contributed by atoms with E-state index in [1.807, 2.05) is 30.3 Å². The van der Waals surface area contributed by atoms with Crippen LogP contribution in [0.1, 0.15) is 0 Å². The van der Waals surface area contributed by atoms with Gasteiger partial charge in [-0.25, -0.2) is 29.9 Å². The van der Waals surface area contributed by atoms with Crippen LogP contribution in [0.5, 0.6) is 0 Å². The summed E-state index contributed by atoms with van der Waals surface area (Å²) in [5.74, 6) is 2.20. The molecular formula is C130H77N9. The van der Waals surface area contributed by atoms with E-state index in [1.54, 1.807) is 0 Å². The maximum Gasteiger partial charge on any atom is 0.235 e. The molecule has 22 aromatic carbocycles. The summed E-state index contributed by atoms with van der Waals surface area (Å²) < 4.78 is 6.90. The monoisotopic (exact) mass is 1760 g/mol. The fourth-order valence-electron chi connectivity index (χ4n) is 22.9. The lowest BCUT2D eigenvalue weighted by Gasteiger charge is -2.16. The van der Waals surface area contributed by atoms with E-state index >= 15 is 0 Å². The lowest BCUT2D eigenvalue weighted by molar-refractivity contribution is 1.01. The maximum atomic E-state index is 5.42. The molecule has 0 unspecified atom stereocenters. The SMILES string of the molecule is c1ccc(-c2cc3c4c(ccc5c4c4c(cccc4n5-c4nc(-c5ccc6ccccc6c5)c5ccccc5n4)-c4ccccc4-3)c2)cc1.c1ccc(-c2cc3c4c(ccc5c4c4c(cccc4n5-c4nc(-c5ccccc5)c5ccccc5n4)-c4ccccc4-3)c2)cc1.c1ccc(-c2cc3c4c(ccc5c4c4c(cccc4n5-c4nc5ccccc5nc4-c4ccccc4)-c4ccccc4-3)c2)cc1. The highest BCUT2D eigenvalue weighted by atomic mass is 15.2. The van der Waals surface area contributed by atoms with Crippen LogP contribution in [0.2, 0.25) is 0 Å². The van der Waals surface area contributed by atoms with Gasteiger partial charge in [0.1, 0.15) is 5.69 Å².